The summed E-state index contributed by atoms with van der Waals surface area (Å²) in [5.74, 6) is -0.154. The van der Waals surface area contributed by atoms with E-state index in [0.717, 1.165) is 11.1 Å². The van der Waals surface area contributed by atoms with Crippen LogP contribution >= 0.6 is 0 Å². The maximum atomic E-state index is 11.6. The monoisotopic (exact) mass is 265 g/mol. The van der Waals surface area contributed by atoms with Crippen molar-refractivity contribution in [1.29, 1.82) is 0 Å². The molecule has 5 nitrogen and oxygen atoms in total. The molecule has 1 fully saturated rings. The zero-order chi connectivity index (χ0) is 14.0. The van der Waals surface area contributed by atoms with E-state index in [9.17, 15) is 9.90 Å². The number of hydrogen-bond donors (Lipinski definition) is 2. The molecule has 1 aliphatic heterocycles. The molecule has 19 heavy (non-hydrogen) atoms. The molecule has 5 heteroatoms. The molecular weight excluding hydrogens is 246 g/mol. The molecule has 0 radical (unpaired) electrons. The van der Waals surface area contributed by atoms with Crippen molar-refractivity contribution in [1.82, 2.24) is 5.32 Å². The van der Waals surface area contributed by atoms with E-state index in [4.69, 9.17) is 9.47 Å². The Hall–Kier alpha value is -1.59. The SMILES string of the molecule is CNC(c1cc(C)ccc1OC)C1(C(=O)O)COC1. The number of carboxylic acids is 1. The first-order valence-electron chi connectivity index (χ1n) is 6.18. The molecule has 0 bridgehead atoms. The minimum Gasteiger partial charge on any atom is -0.496 e. The summed E-state index contributed by atoms with van der Waals surface area (Å²) in [5, 5.41) is 12.6. The van der Waals surface area contributed by atoms with E-state index < -0.39 is 11.4 Å². The molecule has 0 spiro atoms. The van der Waals surface area contributed by atoms with Gasteiger partial charge >= 0.3 is 5.97 Å². The summed E-state index contributed by atoms with van der Waals surface area (Å²) in [6.07, 6.45) is 0. The molecule has 2 N–H and O–H groups in total. The fourth-order valence-corrected chi connectivity index (χ4v) is 2.54. The van der Waals surface area contributed by atoms with E-state index in [1.807, 2.05) is 25.1 Å². The van der Waals surface area contributed by atoms with Crippen LogP contribution in [-0.2, 0) is 9.53 Å². The lowest BCUT2D eigenvalue weighted by Crippen LogP contribution is -2.56. The van der Waals surface area contributed by atoms with Crippen molar-refractivity contribution in [2.45, 2.75) is 13.0 Å². The van der Waals surface area contributed by atoms with Gasteiger partial charge in [0, 0.05) is 5.56 Å². The molecule has 1 aromatic carbocycles. The highest BCUT2D eigenvalue weighted by atomic mass is 16.5. The Kier molecular flexibility index (Phi) is 3.78. The maximum Gasteiger partial charge on any atom is 0.316 e. The van der Waals surface area contributed by atoms with E-state index in [1.54, 1.807) is 14.2 Å². The Morgan fingerprint density at radius 3 is 2.63 bits per heavy atom. The fourth-order valence-electron chi connectivity index (χ4n) is 2.54. The number of methoxy groups -OCH3 is 1. The zero-order valence-corrected chi connectivity index (χ0v) is 11.4. The van der Waals surface area contributed by atoms with E-state index in [-0.39, 0.29) is 19.3 Å². The van der Waals surface area contributed by atoms with Crippen LogP contribution in [0.25, 0.3) is 0 Å². The zero-order valence-electron chi connectivity index (χ0n) is 11.4. The molecule has 1 atom stereocenters. The molecular formula is C14H19NO4. The van der Waals surface area contributed by atoms with Gasteiger partial charge in [0.1, 0.15) is 11.2 Å². The lowest BCUT2D eigenvalue weighted by molar-refractivity contribution is -0.186. The number of hydrogen-bond acceptors (Lipinski definition) is 4. The standard InChI is InChI=1S/C14H19NO4/c1-9-4-5-11(18-3)10(6-9)12(15-2)14(13(16)17)7-19-8-14/h4-6,12,15H,7-8H2,1-3H3,(H,16,17). The number of aliphatic carboxylic acids is 1. The molecule has 0 amide bonds. The minimum absolute atomic E-state index is 0.213. The molecule has 104 valence electrons. The summed E-state index contributed by atoms with van der Waals surface area (Å²) < 4.78 is 10.5. The number of carbonyl (C=O) groups is 1. The molecule has 1 aliphatic rings. The second-order valence-corrected chi connectivity index (χ2v) is 4.92. The first-order valence-corrected chi connectivity index (χ1v) is 6.18. The molecule has 1 unspecified atom stereocenters. The first-order chi connectivity index (χ1) is 9.05. The number of ether oxygens (including phenoxy) is 2. The van der Waals surface area contributed by atoms with Crippen LogP contribution in [0, 0.1) is 12.3 Å². The molecule has 0 aliphatic carbocycles. The lowest BCUT2D eigenvalue weighted by atomic mass is 9.74. The van der Waals surface area contributed by atoms with Gasteiger partial charge in [0.15, 0.2) is 0 Å². The fraction of sp³-hybridized carbons (Fsp3) is 0.500. The van der Waals surface area contributed by atoms with Crippen LogP contribution in [0.4, 0.5) is 0 Å². The van der Waals surface area contributed by atoms with Crippen molar-refractivity contribution >= 4 is 5.97 Å². The summed E-state index contributed by atoms with van der Waals surface area (Å²) >= 11 is 0. The summed E-state index contributed by atoms with van der Waals surface area (Å²) in [6, 6.07) is 5.43. The number of aryl methyl sites for hydroxylation is 1. The molecule has 1 aromatic rings. The molecule has 2 rings (SSSR count). The third-order valence-corrected chi connectivity index (χ3v) is 3.68. The van der Waals surface area contributed by atoms with Gasteiger partial charge < -0.3 is 19.9 Å². The van der Waals surface area contributed by atoms with Crippen molar-refractivity contribution in [2.75, 3.05) is 27.4 Å². The Morgan fingerprint density at radius 2 is 2.21 bits per heavy atom. The highest BCUT2D eigenvalue weighted by Gasteiger charge is 2.53. The number of nitrogens with one attached hydrogen (secondary N) is 1. The van der Waals surface area contributed by atoms with Crippen LogP contribution in [0.15, 0.2) is 18.2 Å². The first kappa shape index (κ1) is 13.8. The average Bonchev–Trinajstić information content (AvgIpc) is 2.32. The quantitative estimate of drug-likeness (QED) is 0.841. The average molecular weight is 265 g/mol. The van der Waals surface area contributed by atoms with Gasteiger partial charge in [-0.2, -0.15) is 0 Å². The van der Waals surface area contributed by atoms with Gasteiger partial charge in [-0.1, -0.05) is 17.7 Å². The molecule has 1 heterocycles. The van der Waals surface area contributed by atoms with Gasteiger partial charge in [0.2, 0.25) is 0 Å². The van der Waals surface area contributed by atoms with Crippen LogP contribution in [0.2, 0.25) is 0 Å². The number of rotatable bonds is 5. The van der Waals surface area contributed by atoms with E-state index >= 15 is 0 Å². The second kappa shape index (κ2) is 5.19. The van der Waals surface area contributed by atoms with Crippen molar-refractivity contribution in [3.8, 4) is 5.75 Å². The predicted octanol–water partition coefficient (Wildman–Crippen LogP) is 1.37. The van der Waals surface area contributed by atoms with Crippen molar-refractivity contribution in [2.24, 2.45) is 5.41 Å². The van der Waals surface area contributed by atoms with Gasteiger partial charge in [0.25, 0.3) is 0 Å². The Bertz CT molecular complexity index is 482. The van der Waals surface area contributed by atoms with Gasteiger partial charge in [0.05, 0.1) is 26.4 Å². The predicted molar refractivity (Wildman–Crippen MR) is 70.4 cm³/mol. The topological polar surface area (TPSA) is 67.8 Å². The van der Waals surface area contributed by atoms with Gasteiger partial charge in [-0.15, -0.1) is 0 Å². The van der Waals surface area contributed by atoms with E-state index in [1.165, 1.54) is 0 Å². The van der Waals surface area contributed by atoms with Gasteiger partial charge in [-0.05, 0) is 20.0 Å². The third kappa shape index (κ3) is 2.19. The van der Waals surface area contributed by atoms with Crippen LogP contribution in [0.1, 0.15) is 17.2 Å². The van der Waals surface area contributed by atoms with Crippen LogP contribution in [-0.4, -0.2) is 38.4 Å². The number of benzene rings is 1. The smallest absolute Gasteiger partial charge is 0.316 e. The van der Waals surface area contributed by atoms with Crippen molar-refractivity contribution in [3.05, 3.63) is 29.3 Å². The largest absolute Gasteiger partial charge is 0.496 e. The Labute approximate surface area is 112 Å². The minimum atomic E-state index is -0.921. The van der Waals surface area contributed by atoms with Crippen molar-refractivity contribution < 1.29 is 19.4 Å². The third-order valence-electron chi connectivity index (χ3n) is 3.68. The molecule has 1 saturated heterocycles. The summed E-state index contributed by atoms with van der Waals surface area (Å²) in [5.41, 5.74) is 1.00. The van der Waals surface area contributed by atoms with E-state index in [2.05, 4.69) is 5.32 Å². The Morgan fingerprint density at radius 1 is 1.53 bits per heavy atom. The van der Waals surface area contributed by atoms with Crippen LogP contribution in [0.3, 0.4) is 0 Å². The van der Waals surface area contributed by atoms with Crippen LogP contribution in [0.5, 0.6) is 5.75 Å². The molecule has 0 saturated carbocycles. The summed E-state index contributed by atoms with van der Waals surface area (Å²) in [7, 11) is 3.35. The highest BCUT2D eigenvalue weighted by molar-refractivity contribution is 5.77. The van der Waals surface area contributed by atoms with E-state index in [0.29, 0.717) is 5.75 Å². The summed E-state index contributed by atoms with van der Waals surface area (Å²) in [4.78, 5) is 11.6. The summed E-state index contributed by atoms with van der Waals surface area (Å²) in [6.45, 7) is 2.40. The lowest BCUT2D eigenvalue weighted by Gasteiger charge is -2.43. The van der Waals surface area contributed by atoms with Crippen molar-refractivity contribution in [3.63, 3.8) is 0 Å². The highest BCUT2D eigenvalue weighted by Crippen LogP contribution is 2.43. The maximum absolute atomic E-state index is 11.6. The van der Waals surface area contributed by atoms with Gasteiger partial charge in [-0.3, -0.25) is 4.79 Å². The molecule has 0 aromatic heterocycles. The second-order valence-electron chi connectivity index (χ2n) is 4.92. The number of carboxylic acid groups (broad SMARTS) is 1. The Balaban J connectivity index is 2.47. The van der Waals surface area contributed by atoms with Crippen LogP contribution < -0.4 is 10.1 Å². The van der Waals surface area contributed by atoms with Gasteiger partial charge in [-0.25, -0.2) is 0 Å². The normalized spacial score (nSPS) is 18.5.